The van der Waals surface area contributed by atoms with E-state index in [1.54, 1.807) is 0 Å². The number of aromatic nitrogens is 3. The predicted molar refractivity (Wildman–Crippen MR) is 112 cm³/mol. The molecule has 4 aliphatic rings. The molecule has 30 heavy (non-hydrogen) atoms. The maximum Gasteiger partial charge on any atom is 0.243 e. The Kier molecular flexibility index (Phi) is 4.79. The fraction of sp³-hybridized carbons (Fsp3) is 0.652. The molecule has 2 aromatic heterocycles. The Morgan fingerprint density at radius 3 is 2.40 bits per heavy atom. The van der Waals surface area contributed by atoms with Crippen LogP contribution in [0.3, 0.4) is 0 Å². The number of hydrogen-bond donors (Lipinski definition) is 2. The Labute approximate surface area is 177 Å². The van der Waals surface area contributed by atoms with Crippen molar-refractivity contribution >= 4 is 17.5 Å². The largest absolute Gasteiger partial charge is 0.347 e. The number of nitrogens with one attached hydrogen (secondary N) is 2. The average Bonchev–Trinajstić information content (AvgIpc) is 3.12. The normalized spacial score (nSPS) is 30.6. The highest BCUT2D eigenvalue weighted by atomic mass is 16.2. The quantitative estimate of drug-likeness (QED) is 0.768. The van der Waals surface area contributed by atoms with Crippen LogP contribution in [0, 0.1) is 29.1 Å². The van der Waals surface area contributed by atoms with Gasteiger partial charge in [0.25, 0.3) is 0 Å². The van der Waals surface area contributed by atoms with Crippen LogP contribution in [0.1, 0.15) is 58.2 Å². The molecular weight excluding hydrogens is 378 g/mol. The van der Waals surface area contributed by atoms with Gasteiger partial charge in [-0.05, 0) is 74.3 Å². The summed E-state index contributed by atoms with van der Waals surface area (Å²) < 4.78 is 1.86. The molecule has 4 bridgehead atoms. The van der Waals surface area contributed by atoms with Crippen molar-refractivity contribution in [2.75, 3.05) is 0 Å². The maximum absolute atomic E-state index is 13.4. The summed E-state index contributed by atoms with van der Waals surface area (Å²) in [6, 6.07) is 5.15. The van der Waals surface area contributed by atoms with Gasteiger partial charge in [0.1, 0.15) is 6.04 Å². The molecule has 1 unspecified atom stereocenters. The molecule has 2 heterocycles. The number of carbonyl (C=O) groups is 2. The van der Waals surface area contributed by atoms with Crippen LogP contribution in [-0.4, -0.2) is 32.5 Å². The number of amides is 2. The third-order valence-corrected chi connectivity index (χ3v) is 7.56. The Morgan fingerprint density at radius 1 is 1.10 bits per heavy atom. The summed E-state index contributed by atoms with van der Waals surface area (Å²) in [5.74, 6) is 2.74. The highest BCUT2D eigenvalue weighted by Crippen LogP contribution is 2.60. The Balaban J connectivity index is 1.26. The first-order chi connectivity index (χ1) is 14.4. The second-order valence-corrected chi connectivity index (χ2v) is 10.2. The Bertz CT molecular complexity index is 930. The van der Waals surface area contributed by atoms with Gasteiger partial charge in [0.05, 0.1) is 6.54 Å². The second-order valence-electron chi connectivity index (χ2n) is 10.2. The minimum absolute atomic E-state index is 0.0120. The second kappa shape index (κ2) is 7.36. The van der Waals surface area contributed by atoms with Crippen molar-refractivity contribution in [2.45, 2.75) is 65.0 Å². The summed E-state index contributed by atoms with van der Waals surface area (Å²) >= 11 is 0. The minimum Gasteiger partial charge on any atom is -0.347 e. The zero-order valence-electron chi connectivity index (χ0n) is 17.8. The van der Waals surface area contributed by atoms with Crippen LogP contribution in [0.2, 0.25) is 0 Å². The van der Waals surface area contributed by atoms with Gasteiger partial charge in [-0.15, -0.1) is 10.2 Å². The molecule has 6 rings (SSSR count). The third-order valence-electron chi connectivity index (χ3n) is 7.56. The summed E-state index contributed by atoms with van der Waals surface area (Å²) in [7, 11) is 0. The van der Waals surface area contributed by atoms with Crippen LogP contribution in [0.25, 0.3) is 5.65 Å². The van der Waals surface area contributed by atoms with E-state index in [-0.39, 0.29) is 29.7 Å². The molecule has 0 aromatic carbocycles. The van der Waals surface area contributed by atoms with Gasteiger partial charge in [0, 0.05) is 11.6 Å². The van der Waals surface area contributed by atoms with Crippen LogP contribution >= 0.6 is 0 Å². The van der Waals surface area contributed by atoms with Gasteiger partial charge in [-0.1, -0.05) is 19.9 Å². The number of nitrogens with zero attached hydrogens (tertiary/aromatic N) is 3. The van der Waals surface area contributed by atoms with E-state index < -0.39 is 6.04 Å². The van der Waals surface area contributed by atoms with E-state index in [1.807, 2.05) is 42.6 Å². The summed E-state index contributed by atoms with van der Waals surface area (Å²) in [6.07, 6.45) is 8.79. The molecule has 4 aliphatic carbocycles. The molecule has 7 nitrogen and oxygen atoms in total. The number of rotatable bonds is 6. The SMILES string of the molecule is CC(C)C(NC(=O)C12CC3CC(CC(C3)C1)C2)C(=O)NCc1nnc2ccccn12. The van der Waals surface area contributed by atoms with Gasteiger partial charge < -0.3 is 10.6 Å². The molecule has 7 heteroatoms. The lowest BCUT2D eigenvalue weighted by Gasteiger charge is -2.55. The zero-order valence-corrected chi connectivity index (χ0v) is 17.8. The fourth-order valence-electron chi connectivity index (χ4n) is 6.51. The van der Waals surface area contributed by atoms with Crippen LogP contribution in [0.5, 0.6) is 0 Å². The van der Waals surface area contributed by atoms with Crippen molar-refractivity contribution in [1.29, 1.82) is 0 Å². The molecular formula is C23H31N5O2. The summed E-state index contributed by atoms with van der Waals surface area (Å²) in [5, 5.41) is 14.4. The van der Waals surface area contributed by atoms with Crippen molar-refractivity contribution < 1.29 is 9.59 Å². The lowest BCUT2D eigenvalue weighted by molar-refractivity contribution is -0.149. The highest BCUT2D eigenvalue weighted by molar-refractivity contribution is 5.90. The number of carbonyl (C=O) groups excluding carboxylic acids is 2. The number of fused-ring (bicyclic) bond motifs is 1. The maximum atomic E-state index is 13.4. The van der Waals surface area contributed by atoms with E-state index in [9.17, 15) is 9.59 Å². The molecule has 0 spiro atoms. The predicted octanol–water partition coefficient (Wildman–Crippen LogP) is 2.70. The van der Waals surface area contributed by atoms with Gasteiger partial charge in [-0.2, -0.15) is 0 Å². The van der Waals surface area contributed by atoms with E-state index in [2.05, 4.69) is 20.8 Å². The van der Waals surface area contributed by atoms with E-state index in [4.69, 9.17) is 0 Å². The van der Waals surface area contributed by atoms with Gasteiger partial charge in [0.2, 0.25) is 11.8 Å². The first-order valence-electron chi connectivity index (χ1n) is 11.3. The standard InChI is InChI=1S/C23H31N5O2/c1-14(2)20(21(29)24-13-19-27-26-18-5-3-4-6-28(18)19)25-22(30)23-10-15-7-16(11-23)9-17(8-15)12-23/h3-6,14-17,20H,7-13H2,1-2H3,(H,24,29)(H,25,30). The van der Waals surface area contributed by atoms with E-state index in [1.165, 1.54) is 19.3 Å². The van der Waals surface area contributed by atoms with Crippen molar-refractivity contribution in [2.24, 2.45) is 29.1 Å². The van der Waals surface area contributed by atoms with E-state index in [0.29, 0.717) is 23.6 Å². The molecule has 2 aromatic rings. The van der Waals surface area contributed by atoms with Gasteiger partial charge in [-0.3, -0.25) is 14.0 Å². The molecule has 0 saturated heterocycles. The van der Waals surface area contributed by atoms with Gasteiger partial charge in [-0.25, -0.2) is 0 Å². The van der Waals surface area contributed by atoms with Crippen LogP contribution < -0.4 is 10.6 Å². The molecule has 1 atom stereocenters. The van der Waals surface area contributed by atoms with E-state index >= 15 is 0 Å². The van der Waals surface area contributed by atoms with Crippen molar-refractivity contribution in [3.63, 3.8) is 0 Å². The molecule has 160 valence electrons. The summed E-state index contributed by atoms with van der Waals surface area (Å²) in [5.41, 5.74) is 0.503. The fourth-order valence-corrected chi connectivity index (χ4v) is 6.51. The monoisotopic (exact) mass is 409 g/mol. The first-order valence-corrected chi connectivity index (χ1v) is 11.3. The van der Waals surface area contributed by atoms with Crippen LogP contribution in [-0.2, 0) is 16.1 Å². The average molecular weight is 410 g/mol. The first kappa shape index (κ1) is 19.5. The summed E-state index contributed by atoms with van der Waals surface area (Å²) in [6.45, 7) is 4.24. The minimum atomic E-state index is -0.537. The number of hydrogen-bond acceptors (Lipinski definition) is 4. The highest BCUT2D eigenvalue weighted by Gasteiger charge is 2.55. The van der Waals surface area contributed by atoms with Gasteiger partial charge >= 0.3 is 0 Å². The van der Waals surface area contributed by atoms with E-state index in [0.717, 1.165) is 24.9 Å². The lowest BCUT2D eigenvalue weighted by atomic mass is 9.49. The Morgan fingerprint density at radius 2 is 1.77 bits per heavy atom. The smallest absolute Gasteiger partial charge is 0.243 e. The summed E-state index contributed by atoms with van der Waals surface area (Å²) in [4.78, 5) is 26.4. The van der Waals surface area contributed by atoms with Crippen LogP contribution in [0.15, 0.2) is 24.4 Å². The molecule has 2 N–H and O–H groups in total. The van der Waals surface area contributed by atoms with Crippen molar-refractivity contribution in [3.8, 4) is 0 Å². The lowest BCUT2D eigenvalue weighted by Crippen LogP contribution is -2.58. The van der Waals surface area contributed by atoms with Crippen molar-refractivity contribution in [1.82, 2.24) is 25.2 Å². The molecule has 4 saturated carbocycles. The molecule has 2 amide bonds. The van der Waals surface area contributed by atoms with Crippen molar-refractivity contribution in [3.05, 3.63) is 30.2 Å². The number of pyridine rings is 1. The topological polar surface area (TPSA) is 88.4 Å². The van der Waals surface area contributed by atoms with Gasteiger partial charge in [0.15, 0.2) is 11.5 Å². The Hall–Kier alpha value is -2.44. The third kappa shape index (κ3) is 3.38. The molecule has 0 radical (unpaired) electrons. The van der Waals surface area contributed by atoms with Crippen LogP contribution in [0.4, 0.5) is 0 Å². The molecule has 4 fully saturated rings. The zero-order chi connectivity index (χ0) is 20.9. The molecule has 0 aliphatic heterocycles.